The van der Waals surface area contributed by atoms with E-state index in [9.17, 15) is 14.4 Å². The topological polar surface area (TPSA) is 78.9 Å². The molecule has 166 valence electrons. The number of esters is 2. The van der Waals surface area contributed by atoms with Crippen LogP contribution in [0.4, 0.5) is 0 Å². The van der Waals surface area contributed by atoms with Crippen LogP contribution in [0.25, 0.3) is 0 Å². The van der Waals surface area contributed by atoms with Crippen molar-refractivity contribution in [3.63, 3.8) is 0 Å². The molecule has 1 saturated heterocycles. The highest BCUT2D eigenvalue weighted by Crippen LogP contribution is 2.03. The Morgan fingerprint density at radius 1 is 0.893 bits per heavy atom. The Kier molecular flexibility index (Phi) is 36.9. The molecule has 1 rings (SSSR count). The van der Waals surface area contributed by atoms with E-state index < -0.39 is 5.97 Å². The second kappa shape index (κ2) is 29.2. The fraction of sp³-hybridized carbons (Fsp3) is 0.611. The highest BCUT2D eigenvalue weighted by Gasteiger charge is 1.97. The Labute approximate surface area is 202 Å². The molecule has 0 aromatic heterocycles. The van der Waals surface area contributed by atoms with E-state index >= 15 is 0 Å². The summed E-state index contributed by atoms with van der Waals surface area (Å²) in [5.41, 5.74) is 0.965. The summed E-state index contributed by atoms with van der Waals surface area (Å²) in [6.45, 7) is 5.16. The number of rotatable bonds is 6. The molecule has 1 fully saturated rings. The van der Waals surface area contributed by atoms with Crippen molar-refractivity contribution in [3.8, 4) is 0 Å². The molecule has 0 bridgehead atoms. The lowest BCUT2D eigenvalue weighted by molar-refractivity contribution is -0.135. The van der Waals surface area contributed by atoms with Crippen molar-refractivity contribution in [1.29, 1.82) is 0 Å². The third-order valence-corrected chi connectivity index (χ3v) is 5.05. The number of hydrogen-bond donors (Lipinski definition) is 0. The van der Waals surface area contributed by atoms with E-state index in [0.29, 0.717) is 21.3 Å². The molecule has 0 aromatic carbocycles. The summed E-state index contributed by atoms with van der Waals surface area (Å²) in [5.74, 6) is -0.529. The highest BCUT2D eigenvalue weighted by molar-refractivity contribution is 9.10. The molecule has 0 amide bonds. The first-order valence-electron chi connectivity index (χ1n) is 7.67. The molecule has 0 saturated carbocycles. The maximum Gasteiger partial charge on any atom is 0.330 e. The van der Waals surface area contributed by atoms with Crippen LogP contribution in [0.3, 0.4) is 0 Å². The van der Waals surface area contributed by atoms with Gasteiger partial charge in [-0.3, -0.25) is 4.79 Å². The van der Waals surface area contributed by atoms with E-state index in [0.717, 1.165) is 24.9 Å². The maximum atomic E-state index is 10.6. The first-order chi connectivity index (χ1) is 12.9. The molecule has 0 aliphatic carbocycles. The summed E-state index contributed by atoms with van der Waals surface area (Å²) in [6, 6.07) is 0. The van der Waals surface area contributed by atoms with Crippen molar-refractivity contribution in [2.24, 2.45) is 0 Å². The zero-order chi connectivity index (χ0) is 21.5. The van der Waals surface area contributed by atoms with Crippen LogP contribution in [0.15, 0.2) is 24.3 Å². The zero-order valence-corrected chi connectivity index (χ0v) is 21.8. The summed E-state index contributed by atoms with van der Waals surface area (Å²) >= 11 is 12.4. The number of alkyl halides is 4. The first-order valence-corrected chi connectivity index (χ1v) is 12.2. The van der Waals surface area contributed by atoms with Crippen molar-refractivity contribution < 1.29 is 28.6 Å². The van der Waals surface area contributed by atoms with Crippen molar-refractivity contribution in [1.82, 2.24) is 0 Å². The highest BCUT2D eigenvalue weighted by atomic mass is 79.9. The normalized spacial score (nSPS) is 10.6. The van der Waals surface area contributed by atoms with E-state index in [1.165, 1.54) is 33.1 Å². The predicted molar refractivity (Wildman–Crippen MR) is 129 cm³/mol. The van der Waals surface area contributed by atoms with Gasteiger partial charge in [-0.2, -0.15) is 0 Å². The molecule has 1 aliphatic rings. The molecule has 0 spiro atoms. The van der Waals surface area contributed by atoms with Crippen molar-refractivity contribution in [2.75, 3.05) is 48.8 Å². The van der Waals surface area contributed by atoms with E-state index in [1.807, 2.05) is 0 Å². The number of ether oxygens (including phenoxy) is 3. The third-order valence-electron chi connectivity index (χ3n) is 2.36. The molecule has 1 heterocycles. The summed E-state index contributed by atoms with van der Waals surface area (Å²) in [5, 5.41) is 2.29. The Hall–Kier alpha value is -0.0300. The molecule has 0 radical (unpaired) electrons. The number of ketones is 1. The lowest BCUT2D eigenvalue weighted by Crippen LogP contribution is -1.98. The molecule has 0 aromatic rings. The van der Waals surface area contributed by atoms with Gasteiger partial charge in [0.15, 0.2) is 5.78 Å². The predicted octanol–water partition coefficient (Wildman–Crippen LogP) is 5.00. The molecule has 10 heteroatoms. The second-order valence-electron chi connectivity index (χ2n) is 4.45. The fourth-order valence-corrected chi connectivity index (χ4v) is 3.15. The van der Waals surface area contributed by atoms with Gasteiger partial charge in [-0.15, -0.1) is 0 Å². The number of carbonyl (C=O) groups is 3. The van der Waals surface area contributed by atoms with Crippen LogP contribution in [-0.4, -0.2) is 66.5 Å². The van der Waals surface area contributed by atoms with E-state index in [2.05, 4.69) is 79.8 Å². The summed E-state index contributed by atoms with van der Waals surface area (Å²) in [7, 11) is 2.67. The number of hydrogen-bond acceptors (Lipinski definition) is 6. The van der Waals surface area contributed by atoms with Gasteiger partial charge in [-0.1, -0.05) is 77.7 Å². The second-order valence-corrected chi connectivity index (χ2v) is 6.69. The molecule has 28 heavy (non-hydrogen) atoms. The van der Waals surface area contributed by atoms with Gasteiger partial charge >= 0.3 is 11.9 Å². The van der Waals surface area contributed by atoms with Gasteiger partial charge in [-0.25, -0.2) is 9.59 Å². The van der Waals surface area contributed by atoms with Crippen LogP contribution >= 0.6 is 63.7 Å². The maximum absolute atomic E-state index is 10.6. The lowest BCUT2D eigenvalue weighted by Gasteiger charge is -1.95. The van der Waals surface area contributed by atoms with Crippen molar-refractivity contribution in [3.05, 3.63) is 24.3 Å². The molecule has 1 aliphatic heterocycles. The Morgan fingerprint density at radius 3 is 1.46 bits per heavy atom. The number of allylic oxidation sites excluding steroid dienone is 1. The van der Waals surface area contributed by atoms with Crippen LogP contribution in [0, 0.1) is 0 Å². The van der Waals surface area contributed by atoms with Crippen molar-refractivity contribution in [2.45, 2.75) is 20.3 Å². The molecular formula is C18H30Br4O6. The minimum Gasteiger partial charge on any atom is -0.466 e. The minimum atomic E-state index is -0.394. The van der Waals surface area contributed by atoms with E-state index in [-0.39, 0.29) is 19.2 Å². The smallest absolute Gasteiger partial charge is 0.330 e. The number of methoxy groups -OCH3 is 2. The minimum absolute atomic E-state index is 0. The summed E-state index contributed by atoms with van der Waals surface area (Å²) in [4.78, 5) is 30.5. The van der Waals surface area contributed by atoms with E-state index in [1.54, 1.807) is 0 Å². The lowest BCUT2D eigenvalue weighted by atomic mass is 10.3. The van der Waals surface area contributed by atoms with Gasteiger partial charge in [0.2, 0.25) is 0 Å². The van der Waals surface area contributed by atoms with Gasteiger partial charge < -0.3 is 14.2 Å². The molecule has 6 nitrogen and oxygen atoms in total. The zero-order valence-electron chi connectivity index (χ0n) is 15.5. The summed E-state index contributed by atoms with van der Waals surface area (Å²) in [6.07, 6.45) is 5.13. The number of carbonyl (C=O) groups excluding carboxylic acids is 3. The average molecular weight is 662 g/mol. The van der Waals surface area contributed by atoms with Gasteiger partial charge in [0.1, 0.15) is 0 Å². The van der Waals surface area contributed by atoms with Gasteiger partial charge in [0.05, 0.1) is 24.9 Å². The molecule has 0 atom stereocenters. The van der Waals surface area contributed by atoms with Crippen LogP contribution in [0.2, 0.25) is 0 Å². The number of Topliss-reactive ketones (excluding diaryl/α,β-unsaturated/α-hetero) is 1. The molecular weight excluding hydrogens is 632 g/mol. The number of halogens is 4. The Morgan fingerprint density at radius 2 is 1.32 bits per heavy atom. The van der Waals surface area contributed by atoms with Crippen LogP contribution in [0.1, 0.15) is 20.3 Å². The first kappa shape index (κ1) is 35.4. The van der Waals surface area contributed by atoms with Crippen LogP contribution in [-0.2, 0) is 28.6 Å². The monoisotopic (exact) mass is 658 g/mol. The van der Waals surface area contributed by atoms with Gasteiger partial charge in [0.25, 0.3) is 0 Å². The average Bonchev–Trinajstić information content (AvgIpc) is 3.31. The quantitative estimate of drug-likeness (QED) is 0.227. The fourth-order valence-electron chi connectivity index (χ4n) is 0.968. The van der Waals surface area contributed by atoms with Crippen LogP contribution < -0.4 is 0 Å². The third kappa shape index (κ3) is 30.7. The largest absolute Gasteiger partial charge is 0.466 e. The standard InChI is InChI=1S/C6H8Br2O2.C4H6O2.C4H8O.C3H4Br2O.CH4/c1-10-6(9)2-5(3-7)4-8;1-3-4(5)6-2;1-2-4-5-3-1;4-1-3(6)2-5;/h2H,3-4H2,1H3;3H,1H2,2H3;1-4H2;1-2H2;1H4. The molecule has 0 unspecified atom stereocenters. The Balaban J connectivity index is -0.000000141. The van der Waals surface area contributed by atoms with Gasteiger partial charge in [0, 0.05) is 36.0 Å². The van der Waals surface area contributed by atoms with Crippen LogP contribution in [0.5, 0.6) is 0 Å². The Bertz CT molecular complexity index is 418. The van der Waals surface area contributed by atoms with Crippen molar-refractivity contribution >= 4 is 81.4 Å². The summed E-state index contributed by atoms with van der Waals surface area (Å²) < 4.78 is 13.5. The van der Waals surface area contributed by atoms with E-state index in [4.69, 9.17) is 4.74 Å². The SMILES string of the molecule is C.C1CCOC1.C=CC(=O)OC.COC(=O)C=C(CBr)CBr.O=C(CBr)CBr. The molecule has 0 N–H and O–H groups in total. The van der Waals surface area contributed by atoms with Gasteiger partial charge in [-0.05, 0) is 18.4 Å².